The van der Waals surface area contributed by atoms with Crippen molar-refractivity contribution in [1.82, 2.24) is 4.98 Å². The van der Waals surface area contributed by atoms with Crippen LogP contribution in [-0.4, -0.2) is 21.3 Å². The molecule has 6 heteroatoms. The molecule has 4 aromatic carbocycles. The van der Waals surface area contributed by atoms with Crippen LogP contribution >= 0.6 is 24.2 Å². The number of carbonyl (C=O) groups is 1. The molecule has 1 aromatic heterocycles. The van der Waals surface area contributed by atoms with Crippen molar-refractivity contribution in [3.63, 3.8) is 0 Å². The van der Waals surface area contributed by atoms with Crippen molar-refractivity contribution in [3.05, 3.63) is 148 Å². The van der Waals surface area contributed by atoms with Gasteiger partial charge in [0, 0.05) is 15.7 Å². The van der Waals surface area contributed by atoms with Crippen LogP contribution in [0.3, 0.4) is 0 Å². The Morgan fingerprint density at radius 1 is 0.939 bits per heavy atom. The predicted molar refractivity (Wildman–Crippen MR) is 205 cm³/mol. The van der Waals surface area contributed by atoms with Gasteiger partial charge in [-0.15, -0.1) is 0 Å². The predicted octanol–water partition coefficient (Wildman–Crippen LogP) is 10.8. The summed E-state index contributed by atoms with van der Waals surface area (Å²) in [5.74, 6) is -0.116. The molecule has 49 heavy (non-hydrogen) atoms. The Kier molecular flexibility index (Phi) is 10.6. The van der Waals surface area contributed by atoms with Crippen LogP contribution in [0.1, 0.15) is 92.0 Å². The number of fused-ring (bicyclic) bond motifs is 1. The Morgan fingerprint density at radius 3 is 2.41 bits per heavy atom. The smallest absolute Gasteiger partial charge is 0.306 e. The number of hydrogen-bond acceptors (Lipinski definition) is 5. The zero-order chi connectivity index (χ0) is 34.6. The highest BCUT2D eigenvalue weighted by atomic mass is 35.5. The lowest BCUT2D eigenvalue weighted by Gasteiger charge is -2.32. The number of pyridine rings is 1. The fourth-order valence-electron chi connectivity index (χ4n) is 6.91. The average molecular weight is 690 g/mol. The summed E-state index contributed by atoms with van der Waals surface area (Å²) in [6.45, 7) is 5.59. The minimum atomic E-state index is -0.948. The van der Waals surface area contributed by atoms with Crippen molar-refractivity contribution in [2.75, 3.05) is 0 Å². The van der Waals surface area contributed by atoms with Gasteiger partial charge < -0.3 is 9.84 Å². The molecule has 1 saturated carbocycles. The second kappa shape index (κ2) is 14.9. The van der Waals surface area contributed by atoms with Gasteiger partial charge in [-0.1, -0.05) is 109 Å². The fraction of sp³-hybridized carbons (Fsp3) is 0.302. The van der Waals surface area contributed by atoms with E-state index in [0.717, 1.165) is 64.5 Å². The maximum atomic E-state index is 13.3. The van der Waals surface area contributed by atoms with Crippen LogP contribution in [0.2, 0.25) is 5.02 Å². The third-order valence-corrected chi connectivity index (χ3v) is 11.0. The minimum absolute atomic E-state index is 0.0625. The van der Waals surface area contributed by atoms with Crippen LogP contribution in [0.15, 0.2) is 109 Å². The van der Waals surface area contributed by atoms with Gasteiger partial charge in [0.1, 0.15) is 6.10 Å². The van der Waals surface area contributed by atoms with Gasteiger partial charge in [0.25, 0.3) is 0 Å². The van der Waals surface area contributed by atoms with Gasteiger partial charge in [-0.3, -0.25) is 4.79 Å². The summed E-state index contributed by atoms with van der Waals surface area (Å²) in [7, 11) is 0. The lowest BCUT2D eigenvalue weighted by atomic mass is 9.79. The topological polar surface area (TPSA) is 59.4 Å². The van der Waals surface area contributed by atoms with E-state index < -0.39 is 5.60 Å². The molecule has 1 heterocycles. The summed E-state index contributed by atoms with van der Waals surface area (Å²) in [5.41, 5.74) is 5.82. The molecule has 0 spiro atoms. The second-order valence-corrected chi connectivity index (χ2v) is 15.0. The maximum Gasteiger partial charge on any atom is 0.306 e. The average Bonchev–Trinajstić information content (AvgIpc) is 3.87. The van der Waals surface area contributed by atoms with E-state index in [2.05, 4.69) is 42.5 Å². The third-order valence-electron chi connectivity index (χ3n) is 9.84. The Labute approximate surface area is 300 Å². The summed E-state index contributed by atoms with van der Waals surface area (Å²) in [6.07, 6.45) is 7.61. The van der Waals surface area contributed by atoms with Crippen molar-refractivity contribution in [2.24, 2.45) is 5.41 Å². The van der Waals surface area contributed by atoms with E-state index >= 15 is 0 Å². The first-order chi connectivity index (χ1) is 23.5. The summed E-state index contributed by atoms with van der Waals surface area (Å²) in [6, 6.07) is 36.4. The third kappa shape index (κ3) is 8.64. The molecule has 0 bridgehead atoms. The van der Waals surface area contributed by atoms with Gasteiger partial charge in [0.05, 0.1) is 23.2 Å². The zero-order valence-electron chi connectivity index (χ0n) is 28.4. The maximum absolute atomic E-state index is 13.3. The molecule has 0 amide bonds. The summed E-state index contributed by atoms with van der Waals surface area (Å²) < 4.78 is 5.93. The summed E-state index contributed by atoms with van der Waals surface area (Å²) >= 11 is 11.6. The number of thiol groups is 1. The second-order valence-electron chi connectivity index (χ2n) is 14.0. The molecular formula is C43H44ClNO3S. The van der Waals surface area contributed by atoms with E-state index in [0.29, 0.717) is 11.4 Å². The molecule has 5 aromatic rings. The molecule has 3 atom stereocenters. The van der Waals surface area contributed by atoms with Gasteiger partial charge >= 0.3 is 5.97 Å². The van der Waals surface area contributed by atoms with E-state index in [1.165, 1.54) is 5.56 Å². The van der Waals surface area contributed by atoms with Crippen LogP contribution in [0.5, 0.6) is 0 Å². The molecule has 0 aliphatic heterocycles. The lowest BCUT2D eigenvalue weighted by molar-refractivity contribution is -0.150. The first kappa shape index (κ1) is 34.9. The van der Waals surface area contributed by atoms with Crippen LogP contribution in [0, 0.1) is 5.41 Å². The minimum Gasteiger partial charge on any atom is -0.458 e. The van der Waals surface area contributed by atoms with Crippen molar-refractivity contribution in [1.29, 1.82) is 0 Å². The number of aromatic nitrogens is 1. The molecule has 0 saturated heterocycles. The number of benzene rings is 4. The number of carbonyl (C=O) groups excluding carboxylic acids is 1. The highest BCUT2D eigenvalue weighted by Gasteiger charge is 2.52. The molecule has 6 rings (SSSR count). The quantitative estimate of drug-likeness (QED) is 0.0954. The SMILES string of the molecule is CC(OC(=O)CC1(C(S)C(CCc2ccccc2C(C)(C)O)c2cccc(C=Cc3ccc4ccc(Cl)cc4n3)c2)CC1)c1ccccc1. The molecule has 3 unspecified atom stereocenters. The standard InChI is InChI=1S/C43H44ClNO3S/c1-29(31-11-5-4-6-12-31)48-40(46)28-43(24-25-43)41(49)37(23-19-32-13-7-8-15-38(32)42(2,3)47)34-14-9-10-30(26-34)16-21-36-22-18-33-17-20-35(44)27-39(33)45-36/h4-18,20-22,26-27,29,37,41,47,49H,19,23-25,28H2,1-3H3. The molecule has 1 aliphatic carbocycles. The first-order valence-electron chi connectivity index (χ1n) is 17.1. The van der Waals surface area contributed by atoms with Gasteiger partial charge in [0.2, 0.25) is 0 Å². The largest absolute Gasteiger partial charge is 0.458 e. The summed E-state index contributed by atoms with van der Waals surface area (Å²) in [4.78, 5) is 18.1. The van der Waals surface area contributed by atoms with Gasteiger partial charge in [-0.25, -0.2) is 4.98 Å². The Bertz CT molecular complexity index is 1950. The lowest BCUT2D eigenvalue weighted by Crippen LogP contribution is -2.28. The zero-order valence-corrected chi connectivity index (χ0v) is 30.0. The Morgan fingerprint density at radius 2 is 1.65 bits per heavy atom. The van der Waals surface area contributed by atoms with E-state index in [-0.39, 0.29) is 28.7 Å². The van der Waals surface area contributed by atoms with Crippen LogP contribution in [0.25, 0.3) is 23.1 Å². The van der Waals surface area contributed by atoms with Gasteiger partial charge in [-0.2, -0.15) is 12.6 Å². The van der Waals surface area contributed by atoms with Crippen molar-refractivity contribution < 1.29 is 14.6 Å². The number of aliphatic hydroxyl groups is 1. The van der Waals surface area contributed by atoms with Crippen molar-refractivity contribution in [2.45, 2.75) is 75.7 Å². The molecular weight excluding hydrogens is 646 g/mol. The van der Waals surface area contributed by atoms with E-state index in [4.69, 9.17) is 34.0 Å². The highest BCUT2D eigenvalue weighted by molar-refractivity contribution is 7.81. The first-order valence-corrected chi connectivity index (χ1v) is 18.0. The van der Waals surface area contributed by atoms with Crippen LogP contribution < -0.4 is 0 Å². The Balaban J connectivity index is 1.26. The molecule has 1 N–H and O–H groups in total. The van der Waals surface area contributed by atoms with Gasteiger partial charge in [0.15, 0.2) is 0 Å². The van der Waals surface area contributed by atoms with E-state index in [1.54, 1.807) is 0 Å². The fourth-order valence-corrected chi connectivity index (χ4v) is 7.75. The van der Waals surface area contributed by atoms with Crippen molar-refractivity contribution in [3.8, 4) is 0 Å². The highest BCUT2D eigenvalue weighted by Crippen LogP contribution is 2.58. The van der Waals surface area contributed by atoms with E-state index in [9.17, 15) is 9.90 Å². The molecule has 1 aliphatic rings. The van der Waals surface area contributed by atoms with Crippen LogP contribution in [-0.2, 0) is 21.6 Å². The molecule has 252 valence electrons. The molecule has 0 radical (unpaired) electrons. The number of esters is 1. The molecule has 1 fully saturated rings. The van der Waals surface area contributed by atoms with Gasteiger partial charge in [-0.05, 0) is 110 Å². The number of ether oxygens (including phenoxy) is 1. The number of halogens is 1. The van der Waals surface area contributed by atoms with E-state index in [1.807, 2.05) is 99.6 Å². The normalized spacial score (nSPS) is 16.0. The number of rotatable bonds is 13. The summed E-state index contributed by atoms with van der Waals surface area (Å²) in [5, 5.41) is 12.6. The Hall–Kier alpha value is -3.90. The van der Waals surface area contributed by atoms with Crippen molar-refractivity contribution >= 4 is 53.3 Å². The number of hydrogen-bond donors (Lipinski definition) is 2. The molecule has 4 nitrogen and oxygen atoms in total. The monoisotopic (exact) mass is 689 g/mol. The number of nitrogens with zero attached hydrogens (tertiary/aromatic N) is 1. The number of aryl methyl sites for hydroxylation is 1. The van der Waals surface area contributed by atoms with Crippen LogP contribution in [0.4, 0.5) is 0 Å².